The number of epoxide rings is 1. The molecule has 90 valence electrons. The first kappa shape index (κ1) is 10.5. The van der Waals surface area contributed by atoms with Crippen LogP contribution in [-0.2, 0) is 14.3 Å². The second-order valence-electron chi connectivity index (χ2n) is 5.16. The fourth-order valence-electron chi connectivity index (χ4n) is 2.41. The molecule has 0 aromatic rings. The van der Waals surface area contributed by atoms with E-state index in [2.05, 4.69) is 5.32 Å². The summed E-state index contributed by atoms with van der Waals surface area (Å²) in [6, 6.07) is 0. The number of carbonyl (C=O) groups is 1. The summed E-state index contributed by atoms with van der Waals surface area (Å²) in [5, 5.41) is 2.98. The van der Waals surface area contributed by atoms with Crippen LogP contribution in [0.3, 0.4) is 0 Å². The largest absolute Gasteiger partial charge is 0.381 e. The minimum atomic E-state index is -0.165. The zero-order chi connectivity index (χ0) is 11.0. The van der Waals surface area contributed by atoms with Crippen molar-refractivity contribution in [1.29, 1.82) is 0 Å². The highest BCUT2D eigenvalue weighted by molar-refractivity contribution is 5.83. The van der Waals surface area contributed by atoms with Gasteiger partial charge in [0.1, 0.15) is 0 Å². The summed E-state index contributed by atoms with van der Waals surface area (Å²) in [6.07, 6.45) is 4.63. The Kier molecular flexibility index (Phi) is 2.86. The molecule has 0 aromatic carbocycles. The third-order valence-corrected chi connectivity index (χ3v) is 3.78. The van der Waals surface area contributed by atoms with E-state index in [4.69, 9.17) is 9.47 Å². The van der Waals surface area contributed by atoms with Crippen LogP contribution in [0.2, 0.25) is 0 Å². The lowest BCUT2D eigenvalue weighted by Gasteiger charge is -2.19. The molecule has 0 aromatic heterocycles. The zero-order valence-corrected chi connectivity index (χ0v) is 9.48. The molecule has 2 heterocycles. The monoisotopic (exact) mass is 225 g/mol. The molecule has 2 unspecified atom stereocenters. The Labute approximate surface area is 95.7 Å². The van der Waals surface area contributed by atoms with Gasteiger partial charge in [0.05, 0.1) is 6.10 Å². The molecule has 4 heteroatoms. The Bertz CT molecular complexity index is 271. The Morgan fingerprint density at radius 1 is 1.19 bits per heavy atom. The summed E-state index contributed by atoms with van der Waals surface area (Å²) in [6.45, 7) is 2.49. The first-order valence-corrected chi connectivity index (χ1v) is 6.35. The van der Waals surface area contributed by atoms with Crippen molar-refractivity contribution in [2.45, 2.75) is 37.9 Å². The normalized spacial score (nSPS) is 34.8. The van der Waals surface area contributed by atoms with Gasteiger partial charge in [-0.05, 0) is 37.5 Å². The fourth-order valence-corrected chi connectivity index (χ4v) is 2.41. The molecule has 16 heavy (non-hydrogen) atoms. The molecular weight excluding hydrogens is 206 g/mol. The SMILES string of the molecule is O=C(NCC1CC1)C1OC1C1CCOCC1. The molecule has 2 saturated heterocycles. The molecule has 1 aliphatic carbocycles. The standard InChI is InChI=1S/C12H19NO3/c14-12(13-7-8-1-2-8)11-10(16-11)9-3-5-15-6-4-9/h8-11H,1-7H2,(H,13,14). The van der Waals surface area contributed by atoms with Crippen molar-refractivity contribution < 1.29 is 14.3 Å². The first-order chi connectivity index (χ1) is 7.84. The molecule has 4 nitrogen and oxygen atoms in total. The third-order valence-electron chi connectivity index (χ3n) is 3.78. The predicted octanol–water partition coefficient (Wildman–Crippen LogP) is 0.707. The number of amides is 1. The molecule has 1 amide bonds. The molecule has 3 rings (SSSR count). The van der Waals surface area contributed by atoms with Crippen LogP contribution in [0, 0.1) is 11.8 Å². The lowest BCUT2D eigenvalue weighted by atomic mass is 9.94. The molecule has 0 radical (unpaired) electrons. The van der Waals surface area contributed by atoms with E-state index in [0.717, 1.165) is 38.5 Å². The van der Waals surface area contributed by atoms with Gasteiger partial charge in [-0.3, -0.25) is 4.79 Å². The summed E-state index contributed by atoms with van der Waals surface area (Å²) in [5.74, 6) is 1.37. The van der Waals surface area contributed by atoms with E-state index in [1.807, 2.05) is 0 Å². The highest BCUT2D eigenvalue weighted by Gasteiger charge is 2.49. The maximum atomic E-state index is 11.7. The summed E-state index contributed by atoms with van der Waals surface area (Å²) < 4.78 is 10.8. The van der Waals surface area contributed by atoms with Crippen molar-refractivity contribution >= 4 is 5.91 Å². The van der Waals surface area contributed by atoms with Gasteiger partial charge in [0, 0.05) is 19.8 Å². The lowest BCUT2D eigenvalue weighted by molar-refractivity contribution is -0.122. The lowest BCUT2D eigenvalue weighted by Crippen LogP contribution is -2.32. The van der Waals surface area contributed by atoms with Crippen molar-refractivity contribution in [3.63, 3.8) is 0 Å². The van der Waals surface area contributed by atoms with E-state index < -0.39 is 0 Å². The van der Waals surface area contributed by atoms with Crippen LogP contribution in [0.15, 0.2) is 0 Å². The van der Waals surface area contributed by atoms with Crippen LogP contribution in [-0.4, -0.2) is 37.9 Å². The van der Waals surface area contributed by atoms with Crippen LogP contribution < -0.4 is 5.32 Å². The van der Waals surface area contributed by atoms with Gasteiger partial charge in [-0.2, -0.15) is 0 Å². The van der Waals surface area contributed by atoms with Gasteiger partial charge in [-0.15, -0.1) is 0 Å². The minimum Gasteiger partial charge on any atom is -0.381 e. The number of nitrogens with one attached hydrogen (secondary N) is 1. The highest BCUT2D eigenvalue weighted by Crippen LogP contribution is 2.35. The molecule has 2 aliphatic heterocycles. The van der Waals surface area contributed by atoms with Crippen LogP contribution in [0.1, 0.15) is 25.7 Å². The Morgan fingerprint density at radius 3 is 2.62 bits per heavy atom. The summed E-state index contributed by atoms with van der Waals surface area (Å²) in [7, 11) is 0. The van der Waals surface area contributed by atoms with Crippen molar-refractivity contribution in [3.05, 3.63) is 0 Å². The van der Waals surface area contributed by atoms with E-state index in [-0.39, 0.29) is 18.1 Å². The minimum absolute atomic E-state index is 0.100. The van der Waals surface area contributed by atoms with Crippen LogP contribution >= 0.6 is 0 Å². The Balaban J connectivity index is 1.41. The van der Waals surface area contributed by atoms with Gasteiger partial charge in [0.25, 0.3) is 5.91 Å². The second-order valence-corrected chi connectivity index (χ2v) is 5.16. The molecular formula is C12H19NO3. The van der Waals surface area contributed by atoms with Gasteiger partial charge in [0.15, 0.2) is 6.10 Å². The first-order valence-electron chi connectivity index (χ1n) is 6.35. The summed E-state index contributed by atoms with van der Waals surface area (Å²) >= 11 is 0. The van der Waals surface area contributed by atoms with Crippen molar-refractivity contribution in [3.8, 4) is 0 Å². The van der Waals surface area contributed by atoms with Gasteiger partial charge in [0.2, 0.25) is 0 Å². The summed E-state index contributed by atoms with van der Waals surface area (Å²) in [5.41, 5.74) is 0. The summed E-state index contributed by atoms with van der Waals surface area (Å²) in [4.78, 5) is 11.7. The van der Waals surface area contributed by atoms with Crippen molar-refractivity contribution in [2.24, 2.45) is 11.8 Å². The smallest absolute Gasteiger partial charge is 0.251 e. The van der Waals surface area contributed by atoms with E-state index in [0.29, 0.717) is 5.92 Å². The van der Waals surface area contributed by atoms with E-state index in [1.54, 1.807) is 0 Å². The molecule has 3 aliphatic rings. The van der Waals surface area contributed by atoms with Crippen LogP contribution in [0.4, 0.5) is 0 Å². The number of ether oxygens (including phenoxy) is 2. The molecule has 0 bridgehead atoms. The Hall–Kier alpha value is -0.610. The van der Waals surface area contributed by atoms with Crippen LogP contribution in [0.25, 0.3) is 0 Å². The van der Waals surface area contributed by atoms with Gasteiger partial charge in [-0.1, -0.05) is 0 Å². The maximum Gasteiger partial charge on any atom is 0.251 e. The van der Waals surface area contributed by atoms with Crippen molar-refractivity contribution in [2.75, 3.05) is 19.8 Å². The van der Waals surface area contributed by atoms with E-state index >= 15 is 0 Å². The van der Waals surface area contributed by atoms with Crippen LogP contribution in [0.5, 0.6) is 0 Å². The second kappa shape index (κ2) is 4.34. The number of rotatable bonds is 4. The van der Waals surface area contributed by atoms with Crippen molar-refractivity contribution in [1.82, 2.24) is 5.32 Å². The van der Waals surface area contributed by atoms with Gasteiger partial charge < -0.3 is 14.8 Å². The zero-order valence-electron chi connectivity index (χ0n) is 9.48. The third kappa shape index (κ3) is 2.38. The highest BCUT2D eigenvalue weighted by atomic mass is 16.6. The fraction of sp³-hybridized carbons (Fsp3) is 0.917. The molecule has 3 fully saturated rings. The average Bonchev–Trinajstić information content (AvgIpc) is 3.19. The molecule has 1 saturated carbocycles. The quantitative estimate of drug-likeness (QED) is 0.717. The van der Waals surface area contributed by atoms with Gasteiger partial charge in [-0.25, -0.2) is 0 Å². The Morgan fingerprint density at radius 2 is 1.94 bits per heavy atom. The number of hydrogen-bond acceptors (Lipinski definition) is 3. The molecule has 0 spiro atoms. The maximum absolute atomic E-state index is 11.7. The van der Waals surface area contributed by atoms with E-state index in [9.17, 15) is 4.79 Å². The average molecular weight is 225 g/mol. The number of hydrogen-bond donors (Lipinski definition) is 1. The molecule has 1 N–H and O–H groups in total. The topological polar surface area (TPSA) is 50.9 Å². The van der Waals surface area contributed by atoms with Gasteiger partial charge >= 0.3 is 0 Å². The number of carbonyl (C=O) groups excluding carboxylic acids is 1. The molecule has 2 atom stereocenters. The predicted molar refractivity (Wildman–Crippen MR) is 57.9 cm³/mol. The van der Waals surface area contributed by atoms with E-state index in [1.165, 1.54) is 12.8 Å².